The molecule has 0 radical (unpaired) electrons. The molecule has 0 aromatic heterocycles. The van der Waals surface area contributed by atoms with Crippen LogP contribution in [0.25, 0.3) is 0 Å². The molecule has 5 fully saturated rings. The largest absolute Gasteiger partial charge is 0.478 e. The van der Waals surface area contributed by atoms with Gasteiger partial charge in [0.2, 0.25) is 6.10 Å². The Bertz CT molecular complexity index is 1250. The molecule has 2 amide bonds. The van der Waals surface area contributed by atoms with Crippen LogP contribution in [0.3, 0.4) is 0 Å². The number of carbonyl (C=O) groups is 4. The van der Waals surface area contributed by atoms with Gasteiger partial charge in [-0.1, -0.05) is 20.8 Å². The second-order valence-electron chi connectivity index (χ2n) is 15.0. The number of amides is 2. The number of rotatable bonds is 9. The Morgan fingerprint density at radius 2 is 1.79 bits per heavy atom. The fourth-order valence-corrected chi connectivity index (χ4v) is 10.5. The highest BCUT2D eigenvalue weighted by Crippen LogP contribution is 2.71. The van der Waals surface area contributed by atoms with E-state index in [4.69, 9.17) is 25.8 Å². The summed E-state index contributed by atoms with van der Waals surface area (Å²) in [5.41, 5.74) is -1.30. The molecule has 47 heavy (non-hydrogen) atoms. The van der Waals surface area contributed by atoms with E-state index in [-0.39, 0.29) is 23.8 Å². The minimum Gasteiger partial charge on any atom is -0.478 e. The maximum absolute atomic E-state index is 13.6. The van der Waals surface area contributed by atoms with Crippen molar-refractivity contribution in [1.29, 1.82) is 0 Å². The molecule has 264 valence electrons. The van der Waals surface area contributed by atoms with Gasteiger partial charge >= 0.3 is 18.0 Å². The number of urea groups is 1. The van der Waals surface area contributed by atoms with Gasteiger partial charge in [-0.3, -0.25) is 4.79 Å². The van der Waals surface area contributed by atoms with Crippen molar-refractivity contribution in [2.45, 2.75) is 115 Å². The minimum atomic E-state index is -1.94. The summed E-state index contributed by atoms with van der Waals surface area (Å²) in [6.45, 7) is 6.11. The molecule has 5 aliphatic rings. The number of hydrogen-bond donors (Lipinski definition) is 4. The van der Waals surface area contributed by atoms with Gasteiger partial charge in [0, 0.05) is 31.2 Å². The third-order valence-electron chi connectivity index (χ3n) is 13.2. The Balaban J connectivity index is 1.32. The second kappa shape index (κ2) is 13.5. The fourth-order valence-electron chi connectivity index (χ4n) is 10.3. The van der Waals surface area contributed by atoms with Crippen molar-refractivity contribution in [2.75, 3.05) is 19.5 Å². The number of nitroso groups, excluding NO2 is 1. The number of Topliss-reactive ketones (excluding diaryl/α,β-unsaturated/α-hetero) is 1. The zero-order valence-corrected chi connectivity index (χ0v) is 28.2. The van der Waals surface area contributed by atoms with Crippen molar-refractivity contribution in [2.24, 2.45) is 45.2 Å². The third-order valence-corrected chi connectivity index (χ3v) is 13.3. The first-order valence-electron chi connectivity index (χ1n) is 16.6. The number of aliphatic hydroxyl groups excluding tert-OH is 2. The van der Waals surface area contributed by atoms with Crippen LogP contribution >= 0.6 is 11.6 Å². The summed E-state index contributed by atoms with van der Waals surface area (Å²) in [6.07, 6.45) is -1.49. The molecule has 0 spiro atoms. The summed E-state index contributed by atoms with van der Waals surface area (Å²) in [5, 5.41) is 37.7. The molecule has 15 heteroatoms. The van der Waals surface area contributed by atoms with Gasteiger partial charge in [-0.2, -0.15) is 5.01 Å². The highest BCUT2D eigenvalue weighted by molar-refractivity contribution is 6.18. The summed E-state index contributed by atoms with van der Waals surface area (Å²) in [7, 11) is 1.18. The van der Waals surface area contributed by atoms with Crippen LogP contribution in [0.15, 0.2) is 5.29 Å². The Morgan fingerprint density at radius 3 is 2.43 bits per heavy atom. The molecule has 13 atom stereocenters. The molecule has 4 aliphatic carbocycles. The molecule has 0 bridgehead atoms. The van der Waals surface area contributed by atoms with Crippen molar-refractivity contribution in [1.82, 2.24) is 10.3 Å². The molecule has 4 N–H and O–H groups in total. The van der Waals surface area contributed by atoms with Gasteiger partial charge in [-0.15, -0.1) is 16.5 Å². The summed E-state index contributed by atoms with van der Waals surface area (Å²) in [4.78, 5) is 62.3. The molecule has 1 heterocycles. The number of carbonyl (C=O) groups excluding carboxylic acids is 3. The molecule has 0 unspecified atom stereocenters. The van der Waals surface area contributed by atoms with E-state index in [2.05, 4.69) is 24.5 Å². The van der Waals surface area contributed by atoms with Crippen LogP contribution in [0.1, 0.15) is 78.6 Å². The number of aliphatic hydroxyl groups is 2. The van der Waals surface area contributed by atoms with Crippen LogP contribution in [0.4, 0.5) is 4.79 Å². The maximum atomic E-state index is 13.6. The number of nitrogens with one attached hydrogen (secondary N) is 1. The van der Waals surface area contributed by atoms with Crippen molar-refractivity contribution in [3.8, 4) is 0 Å². The number of carboxylic acid groups (broad SMARTS) is 1. The summed E-state index contributed by atoms with van der Waals surface area (Å²) >= 11 is 5.59. The molecular weight excluding hydrogens is 638 g/mol. The van der Waals surface area contributed by atoms with Crippen LogP contribution in [0.2, 0.25) is 0 Å². The van der Waals surface area contributed by atoms with Crippen molar-refractivity contribution < 1.29 is 48.7 Å². The van der Waals surface area contributed by atoms with Gasteiger partial charge in [-0.05, 0) is 79.4 Å². The first-order valence-corrected chi connectivity index (χ1v) is 17.2. The minimum absolute atomic E-state index is 0.0898. The average molecular weight is 686 g/mol. The summed E-state index contributed by atoms with van der Waals surface area (Å²) in [5.74, 6) is -0.784. The van der Waals surface area contributed by atoms with Gasteiger partial charge in [0.15, 0.2) is 12.4 Å². The smallest absolute Gasteiger partial charge is 0.345 e. The van der Waals surface area contributed by atoms with Gasteiger partial charge in [0.25, 0.3) is 0 Å². The SMILES string of the molecule is CO[C@H]1O[C@H](C(=O)O[C@H](C(=O)O)[C@@]2(C)CC[C@H]3[C@@H]4CC[C@@H]5CC(=O)CC[C@]5(C)[C@H]4CC[C@@]32C)[C@@H](O)[C@H](O)[C@H]1NC(=O)N(CCCl)N=O. The molecule has 4 saturated carbocycles. The molecule has 1 saturated heterocycles. The summed E-state index contributed by atoms with van der Waals surface area (Å²) < 4.78 is 16.6. The lowest BCUT2D eigenvalue weighted by atomic mass is 9.43. The highest BCUT2D eigenvalue weighted by Gasteiger charge is 2.67. The fraction of sp³-hybridized carbons (Fsp3) is 0.875. The van der Waals surface area contributed by atoms with E-state index < -0.39 is 65.5 Å². The second-order valence-corrected chi connectivity index (χ2v) is 15.4. The van der Waals surface area contributed by atoms with Crippen LogP contribution in [-0.4, -0.2) is 100 Å². The van der Waals surface area contributed by atoms with Crippen LogP contribution in [0, 0.1) is 44.8 Å². The van der Waals surface area contributed by atoms with Crippen LogP contribution in [-0.2, 0) is 28.6 Å². The van der Waals surface area contributed by atoms with Crippen LogP contribution < -0.4 is 5.32 Å². The zero-order chi connectivity index (χ0) is 34.5. The number of hydrogen-bond acceptors (Lipinski definition) is 11. The lowest BCUT2D eigenvalue weighted by Crippen LogP contribution is -2.66. The third kappa shape index (κ3) is 5.95. The van der Waals surface area contributed by atoms with E-state index in [1.54, 1.807) is 0 Å². The first-order chi connectivity index (χ1) is 22.2. The number of methoxy groups -OCH3 is 1. The van der Waals surface area contributed by atoms with Gasteiger partial charge < -0.3 is 34.8 Å². The number of aliphatic carboxylic acids is 1. The number of carboxylic acids is 1. The van der Waals surface area contributed by atoms with Crippen molar-refractivity contribution in [3.05, 3.63) is 4.91 Å². The van der Waals surface area contributed by atoms with Crippen molar-refractivity contribution in [3.63, 3.8) is 0 Å². The molecule has 0 aromatic rings. The predicted molar refractivity (Wildman–Crippen MR) is 166 cm³/mol. The quantitative estimate of drug-likeness (QED) is 0.120. The molecule has 14 nitrogen and oxygen atoms in total. The van der Waals surface area contributed by atoms with Gasteiger partial charge in [0.05, 0.1) is 11.8 Å². The number of ketones is 1. The lowest BCUT2D eigenvalue weighted by molar-refractivity contribution is -0.262. The Hall–Kier alpha value is -2.39. The predicted octanol–water partition coefficient (Wildman–Crippen LogP) is 2.99. The highest BCUT2D eigenvalue weighted by atomic mass is 35.5. The molecule has 1 aliphatic heterocycles. The number of halogens is 1. The molecule has 0 aromatic carbocycles. The normalized spacial score (nSPS) is 43.5. The first kappa shape index (κ1) is 35.9. The number of esters is 1. The Labute approximate surface area is 279 Å². The van der Waals surface area contributed by atoms with E-state index in [1.165, 1.54) is 7.11 Å². The standard InChI is InChI=1S/C32H48ClN3O11/c1-30-10-7-17(37)15-16(30)5-6-18-19(30)8-11-31(2)20(18)9-12-32(31,3)25(26(40)41)47-27(42)24-23(39)22(38)21(28(45-4)46-24)34-29(43)36(35-44)14-13-33/h16,18-25,28,38-39H,5-15H2,1-4H3,(H,34,43)(H,40,41)/t16-,18-,19+,20+,21-,22-,23+,24+,25-,28+,30+,31+,32-/m1/s1. The lowest BCUT2D eigenvalue weighted by Gasteiger charge is -2.61. The van der Waals surface area contributed by atoms with E-state index in [1.807, 2.05) is 6.92 Å². The van der Waals surface area contributed by atoms with Gasteiger partial charge in [-0.25, -0.2) is 14.4 Å². The van der Waals surface area contributed by atoms with E-state index in [9.17, 15) is 39.4 Å². The molecular formula is C32H48ClN3O11. The summed E-state index contributed by atoms with van der Waals surface area (Å²) in [6, 6.07) is -2.47. The number of fused-ring (bicyclic) bond motifs is 5. The Kier molecular flexibility index (Phi) is 10.3. The topological polar surface area (TPSA) is 201 Å². The monoisotopic (exact) mass is 685 g/mol. The maximum Gasteiger partial charge on any atom is 0.345 e. The molecule has 5 rings (SSSR count). The van der Waals surface area contributed by atoms with Gasteiger partial charge in [0.1, 0.15) is 24.0 Å². The van der Waals surface area contributed by atoms with Crippen molar-refractivity contribution >= 4 is 35.4 Å². The van der Waals surface area contributed by atoms with E-state index >= 15 is 0 Å². The van der Waals surface area contributed by atoms with E-state index in [0.717, 1.165) is 38.5 Å². The number of alkyl halides is 1. The van der Waals surface area contributed by atoms with E-state index in [0.29, 0.717) is 47.8 Å². The zero-order valence-electron chi connectivity index (χ0n) is 27.4. The average Bonchev–Trinajstić information content (AvgIpc) is 3.31. The Morgan fingerprint density at radius 1 is 1.09 bits per heavy atom. The number of ether oxygens (including phenoxy) is 3. The van der Waals surface area contributed by atoms with Crippen LogP contribution in [0.5, 0.6) is 0 Å². The number of nitrogens with zero attached hydrogens (tertiary/aromatic N) is 2.